The summed E-state index contributed by atoms with van der Waals surface area (Å²) < 4.78 is 23.3. The van der Waals surface area contributed by atoms with Crippen molar-refractivity contribution in [3.63, 3.8) is 0 Å². The molecule has 0 fully saturated rings. The van der Waals surface area contributed by atoms with Crippen molar-refractivity contribution < 1.29 is 28.8 Å². The third-order valence-corrected chi connectivity index (χ3v) is 6.94. The molecule has 0 aliphatic carbocycles. The highest BCUT2D eigenvalue weighted by Gasteiger charge is 2.44. The molecule has 0 bridgehead atoms. The van der Waals surface area contributed by atoms with Gasteiger partial charge in [0.2, 0.25) is 5.90 Å². The van der Waals surface area contributed by atoms with Crippen molar-refractivity contribution in [1.82, 2.24) is 5.32 Å². The maximum atomic E-state index is 13.6. The van der Waals surface area contributed by atoms with Gasteiger partial charge in [0.1, 0.15) is 12.4 Å². The predicted octanol–water partition coefficient (Wildman–Crippen LogP) is 4.34. The largest absolute Gasteiger partial charge is 0.494 e. The minimum absolute atomic E-state index is 0.0829. The summed E-state index contributed by atoms with van der Waals surface area (Å²) in [7, 11) is 3.20. The zero-order valence-electron chi connectivity index (χ0n) is 22.1. The predicted molar refractivity (Wildman–Crippen MR) is 153 cm³/mol. The van der Waals surface area contributed by atoms with Crippen LogP contribution in [0.15, 0.2) is 76.2 Å². The summed E-state index contributed by atoms with van der Waals surface area (Å²) in [6.07, 6.45) is 1.58. The Hall–Kier alpha value is -3.56. The summed E-state index contributed by atoms with van der Waals surface area (Å²) >= 11 is 3.47. The Balaban J connectivity index is 1.50. The second kappa shape index (κ2) is 13.5. The molecule has 2 N–H and O–H groups in total. The van der Waals surface area contributed by atoms with Crippen LogP contribution in [0.25, 0.3) is 0 Å². The number of carbonyl (C=O) groups is 1. The van der Waals surface area contributed by atoms with Crippen LogP contribution < -0.4 is 19.5 Å². The Morgan fingerprint density at radius 1 is 1.03 bits per heavy atom. The molecule has 1 aliphatic heterocycles. The SMILES string of the molecule is COc1ccc(CCNC(=O)[C@@]2(Cc3ccc(Br)cc3)COC(c3ccc(OCCCO)cc3)=N2)cc1OC. The molecule has 4 rings (SSSR count). The molecule has 3 aromatic rings. The van der Waals surface area contributed by atoms with Gasteiger partial charge in [-0.2, -0.15) is 0 Å². The number of methoxy groups -OCH3 is 2. The molecule has 9 heteroatoms. The molecule has 39 heavy (non-hydrogen) atoms. The number of aliphatic hydroxyl groups is 1. The molecule has 0 spiro atoms. The second-order valence-corrected chi connectivity index (χ2v) is 10.1. The lowest BCUT2D eigenvalue weighted by Gasteiger charge is -2.23. The van der Waals surface area contributed by atoms with E-state index in [1.54, 1.807) is 14.2 Å². The van der Waals surface area contributed by atoms with E-state index in [4.69, 9.17) is 29.0 Å². The Morgan fingerprint density at radius 3 is 2.44 bits per heavy atom. The molecule has 206 valence electrons. The van der Waals surface area contributed by atoms with Gasteiger partial charge in [0.25, 0.3) is 5.91 Å². The lowest BCUT2D eigenvalue weighted by Crippen LogP contribution is -2.48. The van der Waals surface area contributed by atoms with Gasteiger partial charge < -0.3 is 29.4 Å². The number of rotatable bonds is 13. The molecule has 1 amide bonds. The van der Waals surface area contributed by atoms with E-state index in [9.17, 15) is 4.79 Å². The first-order chi connectivity index (χ1) is 19.0. The molecule has 1 aliphatic rings. The fraction of sp³-hybridized carbons (Fsp3) is 0.333. The fourth-order valence-corrected chi connectivity index (χ4v) is 4.56. The standard InChI is InChI=1S/C30H33BrN2O6/c1-36-26-13-6-21(18-27(26)37-2)14-15-32-29(35)30(19-22-4-9-24(31)10-5-22)20-39-28(33-30)23-7-11-25(12-8-23)38-17-3-16-34/h4-13,18,34H,3,14-17,19-20H2,1-2H3,(H,32,35)/t30-/m1/s1. The van der Waals surface area contributed by atoms with Crippen LogP contribution in [0.3, 0.4) is 0 Å². The Labute approximate surface area is 237 Å². The van der Waals surface area contributed by atoms with Gasteiger partial charge in [-0.05, 0) is 66.1 Å². The summed E-state index contributed by atoms with van der Waals surface area (Å²) in [5.74, 6) is 2.23. The monoisotopic (exact) mass is 596 g/mol. The molecule has 0 unspecified atom stereocenters. The summed E-state index contributed by atoms with van der Waals surface area (Å²) in [4.78, 5) is 18.5. The highest BCUT2D eigenvalue weighted by atomic mass is 79.9. The van der Waals surface area contributed by atoms with Crippen molar-refractivity contribution in [1.29, 1.82) is 0 Å². The van der Waals surface area contributed by atoms with E-state index in [1.807, 2.05) is 66.7 Å². The molecule has 8 nitrogen and oxygen atoms in total. The molecule has 1 heterocycles. The van der Waals surface area contributed by atoms with E-state index in [1.165, 1.54) is 0 Å². The zero-order chi connectivity index (χ0) is 27.7. The topological polar surface area (TPSA) is 98.6 Å². The number of benzene rings is 3. The average Bonchev–Trinajstić information content (AvgIpc) is 3.40. The Kier molecular flexibility index (Phi) is 9.84. The lowest BCUT2D eigenvalue weighted by molar-refractivity contribution is -0.126. The first kappa shape index (κ1) is 28.4. The van der Waals surface area contributed by atoms with Crippen molar-refractivity contribution in [2.24, 2.45) is 4.99 Å². The van der Waals surface area contributed by atoms with E-state index in [2.05, 4.69) is 21.2 Å². The van der Waals surface area contributed by atoms with E-state index < -0.39 is 5.54 Å². The fourth-order valence-electron chi connectivity index (χ4n) is 4.29. The Bertz CT molecular complexity index is 1280. The van der Waals surface area contributed by atoms with Crippen molar-refractivity contribution in [2.45, 2.75) is 24.8 Å². The molecule has 0 aromatic heterocycles. The van der Waals surface area contributed by atoms with Gasteiger partial charge in [-0.25, -0.2) is 4.99 Å². The van der Waals surface area contributed by atoms with Crippen LogP contribution in [0, 0.1) is 0 Å². The third-order valence-electron chi connectivity index (χ3n) is 6.42. The second-order valence-electron chi connectivity index (χ2n) is 9.19. The van der Waals surface area contributed by atoms with Gasteiger partial charge in [0, 0.05) is 36.0 Å². The maximum Gasteiger partial charge on any atom is 0.251 e. The molecule has 3 aromatic carbocycles. The van der Waals surface area contributed by atoms with Crippen molar-refractivity contribution in [3.05, 3.63) is 87.9 Å². The number of nitrogens with one attached hydrogen (secondary N) is 1. The highest BCUT2D eigenvalue weighted by Crippen LogP contribution is 2.29. The maximum absolute atomic E-state index is 13.6. The number of aliphatic imine (C=N–C) groups is 1. The number of ether oxygens (including phenoxy) is 4. The highest BCUT2D eigenvalue weighted by molar-refractivity contribution is 9.10. The molecule has 0 saturated heterocycles. The quantitative estimate of drug-likeness (QED) is 0.285. The number of amides is 1. The van der Waals surface area contributed by atoms with Crippen LogP contribution in [-0.4, -0.2) is 63.0 Å². The summed E-state index contributed by atoms with van der Waals surface area (Å²) in [6, 6.07) is 21.0. The summed E-state index contributed by atoms with van der Waals surface area (Å²) in [5, 5.41) is 12.0. The van der Waals surface area contributed by atoms with Crippen LogP contribution in [0.4, 0.5) is 0 Å². The van der Waals surface area contributed by atoms with Crippen LogP contribution in [-0.2, 0) is 22.4 Å². The first-order valence-corrected chi connectivity index (χ1v) is 13.6. The minimum atomic E-state index is -1.10. The van der Waals surface area contributed by atoms with Gasteiger partial charge in [-0.3, -0.25) is 4.79 Å². The number of hydrogen-bond acceptors (Lipinski definition) is 7. The minimum Gasteiger partial charge on any atom is -0.494 e. The number of halogens is 1. The van der Waals surface area contributed by atoms with E-state index >= 15 is 0 Å². The van der Waals surface area contributed by atoms with Crippen molar-refractivity contribution >= 4 is 27.7 Å². The van der Waals surface area contributed by atoms with Crippen LogP contribution in [0.1, 0.15) is 23.1 Å². The van der Waals surface area contributed by atoms with Gasteiger partial charge in [-0.1, -0.05) is 34.1 Å². The van der Waals surface area contributed by atoms with Gasteiger partial charge in [0.05, 0.1) is 20.8 Å². The van der Waals surface area contributed by atoms with Crippen LogP contribution in [0.5, 0.6) is 17.2 Å². The number of hydrogen-bond donors (Lipinski definition) is 2. The Morgan fingerprint density at radius 2 is 1.74 bits per heavy atom. The first-order valence-electron chi connectivity index (χ1n) is 12.8. The third kappa shape index (κ3) is 7.30. The summed E-state index contributed by atoms with van der Waals surface area (Å²) in [5.41, 5.74) is 1.66. The van der Waals surface area contributed by atoms with Gasteiger partial charge in [0.15, 0.2) is 17.0 Å². The van der Waals surface area contributed by atoms with E-state index in [0.29, 0.717) is 55.6 Å². The van der Waals surface area contributed by atoms with Crippen LogP contribution >= 0.6 is 15.9 Å². The molecule has 1 atom stereocenters. The lowest BCUT2D eigenvalue weighted by atomic mass is 9.91. The van der Waals surface area contributed by atoms with Gasteiger partial charge >= 0.3 is 0 Å². The molecule has 0 radical (unpaired) electrons. The van der Waals surface area contributed by atoms with Crippen molar-refractivity contribution in [2.75, 3.05) is 40.6 Å². The van der Waals surface area contributed by atoms with Crippen LogP contribution in [0.2, 0.25) is 0 Å². The number of aliphatic hydroxyl groups excluding tert-OH is 1. The molecule has 0 saturated carbocycles. The average molecular weight is 598 g/mol. The molecular formula is C30H33BrN2O6. The van der Waals surface area contributed by atoms with Gasteiger partial charge in [-0.15, -0.1) is 0 Å². The normalized spacial score (nSPS) is 16.3. The number of carbonyl (C=O) groups excluding carboxylic acids is 1. The van der Waals surface area contributed by atoms with E-state index in [-0.39, 0.29) is 19.1 Å². The van der Waals surface area contributed by atoms with Crippen molar-refractivity contribution in [3.8, 4) is 17.2 Å². The molecular weight excluding hydrogens is 564 g/mol. The smallest absolute Gasteiger partial charge is 0.251 e. The number of nitrogens with zero attached hydrogens (tertiary/aromatic N) is 1. The summed E-state index contributed by atoms with van der Waals surface area (Å²) in [6.45, 7) is 1.09. The zero-order valence-corrected chi connectivity index (χ0v) is 23.7. The van der Waals surface area contributed by atoms with E-state index in [0.717, 1.165) is 21.2 Å².